The van der Waals surface area contributed by atoms with E-state index >= 15 is 0 Å². The molecule has 5 rings (SSSR count). The van der Waals surface area contributed by atoms with Gasteiger partial charge in [-0.1, -0.05) is 34.9 Å². The minimum atomic E-state index is -0.143. The van der Waals surface area contributed by atoms with Crippen molar-refractivity contribution in [1.82, 2.24) is 21.3 Å². The summed E-state index contributed by atoms with van der Waals surface area (Å²) in [6.07, 6.45) is 13.3. The minimum absolute atomic E-state index is 0.0699. The van der Waals surface area contributed by atoms with Crippen LogP contribution in [0.15, 0.2) is 44.4 Å². The lowest BCUT2D eigenvalue weighted by Crippen LogP contribution is -2.62. The van der Waals surface area contributed by atoms with Gasteiger partial charge in [0.1, 0.15) is 12.0 Å². The van der Waals surface area contributed by atoms with Crippen molar-refractivity contribution in [3.8, 4) is 0 Å². The number of hydrogen-bond acceptors (Lipinski definition) is 4. The van der Waals surface area contributed by atoms with Crippen LogP contribution >= 0.6 is 23.2 Å². The van der Waals surface area contributed by atoms with Gasteiger partial charge in [-0.2, -0.15) is 0 Å². The summed E-state index contributed by atoms with van der Waals surface area (Å²) in [5.41, 5.74) is 5.68. The van der Waals surface area contributed by atoms with E-state index < -0.39 is 0 Å². The Hall–Kier alpha value is -0.850. The first kappa shape index (κ1) is 22.9. The highest BCUT2D eigenvalue weighted by Gasteiger charge is 2.37. The third-order valence-corrected chi connectivity index (χ3v) is 8.58. The first-order valence-electron chi connectivity index (χ1n) is 12.4. The summed E-state index contributed by atoms with van der Waals surface area (Å²) in [6, 6.07) is 0.184. The summed E-state index contributed by atoms with van der Waals surface area (Å²) in [5, 5.41) is 16.5. The Balaban J connectivity index is 1.38. The summed E-state index contributed by atoms with van der Waals surface area (Å²) in [4.78, 5) is 0. The molecule has 4 N–H and O–H groups in total. The van der Waals surface area contributed by atoms with Gasteiger partial charge in [0.05, 0.1) is 11.2 Å². The first-order chi connectivity index (χ1) is 15.6. The van der Waals surface area contributed by atoms with Crippen LogP contribution in [0.1, 0.15) is 70.6 Å². The zero-order valence-corrected chi connectivity index (χ0v) is 20.2. The molecule has 0 amide bonds. The molecule has 0 aromatic rings. The van der Waals surface area contributed by atoms with Crippen molar-refractivity contribution in [2.24, 2.45) is 5.92 Å². The van der Waals surface area contributed by atoms with E-state index in [2.05, 4.69) is 27.3 Å². The van der Waals surface area contributed by atoms with Crippen LogP contribution in [0.5, 0.6) is 0 Å². The summed E-state index contributed by atoms with van der Waals surface area (Å²) in [7, 11) is 0. The smallest absolute Gasteiger partial charge is 0.114 e. The fourth-order valence-electron chi connectivity index (χ4n) is 6.00. The zero-order chi connectivity index (χ0) is 22.1. The van der Waals surface area contributed by atoms with Gasteiger partial charge in [0, 0.05) is 36.2 Å². The van der Waals surface area contributed by atoms with E-state index in [0.717, 1.165) is 63.1 Å². The highest BCUT2D eigenvalue weighted by atomic mass is 35.5. The molecule has 0 radical (unpaired) electrons. The maximum Gasteiger partial charge on any atom is 0.114 e. The average molecular weight is 481 g/mol. The third kappa shape index (κ3) is 4.97. The highest BCUT2D eigenvalue weighted by Crippen LogP contribution is 2.42. The lowest BCUT2D eigenvalue weighted by molar-refractivity contribution is 0.289. The van der Waals surface area contributed by atoms with Crippen molar-refractivity contribution >= 4 is 23.2 Å². The van der Waals surface area contributed by atoms with E-state index in [-0.39, 0.29) is 24.2 Å². The Morgan fingerprint density at radius 2 is 1.84 bits per heavy atom. The molecule has 4 atom stereocenters. The third-order valence-electron chi connectivity index (χ3n) is 7.79. The van der Waals surface area contributed by atoms with Crippen LogP contribution in [0.2, 0.25) is 0 Å². The monoisotopic (exact) mass is 480 g/mol. The molecule has 7 heteroatoms. The summed E-state index contributed by atoms with van der Waals surface area (Å²) >= 11 is 12.9. The van der Waals surface area contributed by atoms with E-state index in [9.17, 15) is 4.39 Å². The second-order valence-corrected chi connectivity index (χ2v) is 10.8. The zero-order valence-electron chi connectivity index (χ0n) is 18.7. The summed E-state index contributed by atoms with van der Waals surface area (Å²) < 4.78 is 13.8. The quantitative estimate of drug-likeness (QED) is 0.405. The van der Waals surface area contributed by atoms with Gasteiger partial charge < -0.3 is 10.6 Å². The van der Waals surface area contributed by atoms with Gasteiger partial charge in [0.2, 0.25) is 0 Å². The van der Waals surface area contributed by atoms with Crippen molar-refractivity contribution in [2.45, 2.75) is 89.0 Å². The molecular formula is C25H35Cl2FN4. The van der Waals surface area contributed by atoms with Gasteiger partial charge in [-0.15, -0.1) is 0 Å². The van der Waals surface area contributed by atoms with E-state index in [0.29, 0.717) is 23.8 Å². The fraction of sp³-hybridized carbons (Fsp3) is 0.680. The highest BCUT2D eigenvalue weighted by molar-refractivity contribution is 6.30. The van der Waals surface area contributed by atoms with E-state index in [4.69, 9.17) is 23.2 Å². The van der Waals surface area contributed by atoms with Crippen molar-refractivity contribution in [3.05, 3.63) is 44.4 Å². The molecule has 0 bridgehead atoms. The topological polar surface area (TPSA) is 48.1 Å². The minimum Gasteiger partial charge on any atom is -0.370 e. The fourth-order valence-corrected chi connectivity index (χ4v) is 6.66. The largest absolute Gasteiger partial charge is 0.370 e. The number of allylic oxidation sites excluding steroid dienone is 4. The maximum atomic E-state index is 13.8. The Morgan fingerprint density at radius 3 is 2.62 bits per heavy atom. The lowest BCUT2D eigenvalue weighted by Gasteiger charge is -2.44. The van der Waals surface area contributed by atoms with Crippen molar-refractivity contribution < 1.29 is 4.39 Å². The average Bonchev–Trinajstić information content (AvgIpc) is 2.82. The van der Waals surface area contributed by atoms with Gasteiger partial charge in [0.25, 0.3) is 0 Å². The van der Waals surface area contributed by atoms with Crippen LogP contribution in [0.3, 0.4) is 0 Å². The molecule has 0 saturated heterocycles. The summed E-state index contributed by atoms with van der Waals surface area (Å²) in [5.74, 6) is 0.393. The molecule has 3 aliphatic carbocycles. The number of halogens is 3. The number of nitrogens with one attached hydrogen (secondary N) is 4. The molecule has 5 aliphatic rings. The van der Waals surface area contributed by atoms with E-state index in [1.807, 2.05) is 0 Å². The number of rotatable bonds is 4. The van der Waals surface area contributed by atoms with E-state index in [1.54, 1.807) is 0 Å². The van der Waals surface area contributed by atoms with Crippen molar-refractivity contribution in [3.63, 3.8) is 0 Å². The molecule has 176 valence electrons. The molecule has 2 aliphatic heterocycles. The van der Waals surface area contributed by atoms with Crippen LogP contribution in [0.25, 0.3) is 0 Å². The van der Waals surface area contributed by atoms with Gasteiger partial charge in [-0.25, -0.2) is 4.39 Å². The molecule has 0 spiro atoms. The molecule has 2 heterocycles. The van der Waals surface area contributed by atoms with E-state index in [1.165, 1.54) is 35.3 Å². The predicted molar refractivity (Wildman–Crippen MR) is 130 cm³/mol. The molecule has 0 fully saturated rings. The SMILES string of the molecule is FC1=C(Cl)C[C@@H](N[C@H]2N[C@@H](C3=CCCNC3)NC3=C2C[C@H](C2=C(Cl)CCCC2)CC3)CC1. The van der Waals surface area contributed by atoms with Gasteiger partial charge >= 0.3 is 0 Å². The maximum absolute atomic E-state index is 13.8. The van der Waals surface area contributed by atoms with Gasteiger partial charge in [-0.3, -0.25) is 10.6 Å². The molecule has 0 aromatic heterocycles. The Kier molecular flexibility index (Phi) is 7.30. The van der Waals surface area contributed by atoms with Crippen molar-refractivity contribution in [2.75, 3.05) is 13.1 Å². The molecule has 0 saturated carbocycles. The van der Waals surface area contributed by atoms with Crippen LogP contribution in [0.4, 0.5) is 4.39 Å². The Bertz CT molecular complexity index is 862. The normalized spacial score (nSPS) is 34.3. The molecule has 0 unspecified atom stereocenters. The van der Waals surface area contributed by atoms with Crippen LogP contribution in [0, 0.1) is 5.92 Å². The van der Waals surface area contributed by atoms with Gasteiger partial charge in [-0.05, 0) is 81.4 Å². The standard InChI is InChI=1S/C25H35Cl2FN4/c26-20-6-2-1-5-18(20)15-7-10-23-19(12-15)25(30-17-8-9-22(28)21(27)13-17)32-24(31-23)16-4-3-11-29-14-16/h4,15,17,24-25,29-32H,1-3,5-14H2/t15-,17+,24+,25+/m1/s1. The van der Waals surface area contributed by atoms with Gasteiger partial charge in [0.15, 0.2) is 0 Å². The van der Waals surface area contributed by atoms with Crippen LogP contribution in [-0.4, -0.2) is 31.5 Å². The first-order valence-corrected chi connectivity index (χ1v) is 13.1. The molecular weight excluding hydrogens is 446 g/mol. The van der Waals surface area contributed by atoms with Crippen LogP contribution < -0.4 is 21.3 Å². The van der Waals surface area contributed by atoms with Crippen LogP contribution in [-0.2, 0) is 0 Å². The molecule has 4 nitrogen and oxygen atoms in total. The second-order valence-electron chi connectivity index (χ2n) is 9.92. The predicted octanol–water partition coefficient (Wildman–Crippen LogP) is 5.43. The summed E-state index contributed by atoms with van der Waals surface area (Å²) in [6.45, 7) is 1.95. The Morgan fingerprint density at radius 1 is 0.969 bits per heavy atom. The number of hydrogen-bond donors (Lipinski definition) is 4. The Labute approximate surface area is 201 Å². The lowest BCUT2D eigenvalue weighted by atomic mass is 9.76. The second kappa shape index (κ2) is 10.2. The molecule has 32 heavy (non-hydrogen) atoms. The molecule has 0 aromatic carbocycles. The van der Waals surface area contributed by atoms with Crippen molar-refractivity contribution in [1.29, 1.82) is 0 Å².